The Labute approximate surface area is 53.4 Å². The molecule has 50 valence electrons. The second-order valence-electron chi connectivity index (χ2n) is 2.21. The van der Waals surface area contributed by atoms with Gasteiger partial charge in [-0.2, -0.15) is 0 Å². The van der Waals surface area contributed by atoms with Crippen molar-refractivity contribution in [2.45, 2.75) is 6.42 Å². The maximum Gasteiger partial charge on any atom is 0.199 e. The molecule has 1 aliphatic rings. The molecule has 1 unspecified atom stereocenters. The molecule has 0 aromatic heterocycles. The third kappa shape index (κ3) is 1.36. The summed E-state index contributed by atoms with van der Waals surface area (Å²) < 4.78 is 0. The Balaban J connectivity index is 2.41. The van der Waals surface area contributed by atoms with Crippen molar-refractivity contribution in [3.63, 3.8) is 0 Å². The van der Waals surface area contributed by atoms with E-state index < -0.39 is 0 Å². The van der Waals surface area contributed by atoms with Crippen molar-refractivity contribution in [2.75, 3.05) is 13.1 Å². The topological polar surface area (TPSA) is 46.2 Å². The van der Waals surface area contributed by atoms with Gasteiger partial charge in [-0.05, 0) is 13.0 Å². The predicted molar refractivity (Wildman–Crippen MR) is 32.0 cm³/mol. The molecule has 3 heteroatoms. The number of hydrogen-bond donors (Lipinski definition) is 1. The normalized spacial score (nSPS) is 26.0. The second kappa shape index (κ2) is 2.73. The fourth-order valence-corrected chi connectivity index (χ4v) is 0.994. The van der Waals surface area contributed by atoms with Gasteiger partial charge in [0.1, 0.15) is 0 Å². The van der Waals surface area contributed by atoms with Gasteiger partial charge in [-0.1, -0.05) is 0 Å². The molecule has 1 aliphatic heterocycles. The van der Waals surface area contributed by atoms with Crippen LogP contribution in [0.25, 0.3) is 0 Å². The fourth-order valence-electron chi connectivity index (χ4n) is 0.994. The van der Waals surface area contributed by atoms with Gasteiger partial charge in [-0.15, -0.1) is 0 Å². The zero-order chi connectivity index (χ0) is 6.69. The Morgan fingerprint density at radius 3 is 2.89 bits per heavy atom. The van der Waals surface area contributed by atoms with Crippen molar-refractivity contribution in [1.82, 2.24) is 5.32 Å². The minimum absolute atomic E-state index is 0.0394. The molecule has 0 aliphatic carbocycles. The van der Waals surface area contributed by atoms with Crippen LogP contribution in [0.3, 0.4) is 0 Å². The van der Waals surface area contributed by atoms with Crippen molar-refractivity contribution < 1.29 is 9.59 Å². The standard InChI is InChI=1S/C6H9NO2/c8-4-6(9)5-1-2-7-3-5/h4-5,7H,1-3H2. The summed E-state index contributed by atoms with van der Waals surface area (Å²) in [6.45, 7) is 1.54. The monoisotopic (exact) mass is 127 g/mol. The first-order valence-electron chi connectivity index (χ1n) is 3.04. The van der Waals surface area contributed by atoms with Crippen LogP contribution in [0.2, 0.25) is 0 Å². The molecular formula is C6H9NO2. The van der Waals surface area contributed by atoms with E-state index in [2.05, 4.69) is 5.32 Å². The van der Waals surface area contributed by atoms with Gasteiger partial charge in [-0.25, -0.2) is 0 Å². The van der Waals surface area contributed by atoms with Gasteiger partial charge in [0, 0.05) is 12.5 Å². The number of rotatable bonds is 2. The lowest BCUT2D eigenvalue weighted by atomic mass is 10.1. The van der Waals surface area contributed by atoms with Gasteiger partial charge >= 0.3 is 0 Å². The first-order valence-corrected chi connectivity index (χ1v) is 3.04. The summed E-state index contributed by atoms with van der Waals surface area (Å²) in [4.78, 5) is 20.5. The lowest BCUT2D eigenvalue weighted by Gasteiger charge is -1.97. The first-order chi connectivity index (χ1) is 4.34. The van der Waals surface area contributed by atoms with E-state index in [1.54, 1.807) is 0 Å². The van der Waals surface area contributed by atoms with Crippen LogP contribution in [0, 0.1) is 5.92 Å². The van der Waals surface area contributed by atoms with E-state index in [1.165, 1.54) is 0 Å². The number of nitrogens with one attached hydrogen (secondary N) is 1. The highest BCUT2D eigenvalue weighted by Crippen LogP contribution is 2.06. The van der Waals surface area contributed by atoms with Crippen LogP contribution < -0.4 is 5.32 Å². The van der Waals surface area contributed by atoms with Crippen LogP contribution in [-0.4, -0.2) is 25.2 Å². The molecular weight excluding hydrogens is 118 g/mol. The summed E-state index contributed by atoms with van der Waals surface area (Å²) in [5, 5.41) is 3.01. The summed E-state index contributed by atoms with van der Waals surface area (Å²) in [6, 6.07) is 0. The number of hydrogen-bond acceptors (Lipinski definition) is 3. The molecule has 1 N–H and O–H groups in total. The van der Waals surface area contributed by atoms with Crippen molar-refractivity contribution in [3.05, 3.63) is 0 Å². The summed E-state index contributed by atoms with van der Waals surface area (Å²) in [5.74, 6) is -0.303. The quantitative estimate of drug-likeness (QED) is 0.396. The third-order valence-electron chi connectivity index (χ3n) is 1.58. The molecule has 0 spiro atoms. The van der Waals surface area contributed by atoms with E-state index >= 15 is 0 Å². The number of carbonyl (C=O) groups excluding carboxylic acids is 2. The Bertz CT molecular complexity index is 127. The minimum Gasteiger partial charge on any atom is -0.316 e. The van der Waals surface area contributed by atoms with Crippen LogP contribution in [-0.2, 0) is 9.59 Å². The third-order valence-corrected chi connectivity index (χ3v) is 1.58. The number of carbonyl (C=O) groups is 2. The first kappa shape index (κ1) is 6.42. The maximum absolute atomic E-state index is 10.6. The zero-order valence-corrected chi connectivity index (χ0v) is 5.09. The average Bonchev–Trinajstić information content (AvgIpc) is 2.37. The molecule has 0 amide bonds. The lowest BCUT2D eigenvalue weighted by Crippen LogP contribution is -2.18. The van der Waals surface area contributed by atoms with Gasteiger partial charge in [0.2, 0.25) is 0 Å². The highest BCUT2D eigenvalue weighted by molar-refractivity contribution is 6.26. The molecule has 0 aromatic carbocycles. The van der Waals surface area contributed by atoms with E-state index in [0.717, 1.165) is 13.0 Å². The second-order valence-corrected chi connectivity index (χ2v) is 2.21. The average molecular weight is 127 g/mol. The van der Waals surface area contributed by atoms with Crippen LogP contribution in [0.5, 0.6) is 0 Å². The lowest BCUT2D eigenvalue weighted by molar-refractivity contribution is -0.132. The molecule has 1 heterocycles. The molecule has 3 nitrogen and oxygen atoms in total. The van der Waals surface area contributed by atoms with Gasteiger partial charge in [0.15, 0.2) is 12.1 Å². The number of Topliss-reactive ketones (excluding diaryl/α,β-unsaturated/α-hetero) is 1. The summed E-state index contributed by atoms with van der Waals surface area (Å²) in [7, 11) is 0. The van der Waals surface area contributed by atoms with Gasteiger partial charge in [-0.3, -0.25) is 9.59 Å². The summed E-state index contributed by atoms with van der Waals surface area (Å²) >= 11 is 0. The van der Waals surface area contributed by atoms with E-state index in [9.17, 15) is 9.59 Å². The SMILES string of the molecule is O=CC(=O)C1CCNC1. The van der Waals surface area contributed by atoms with E-state index in [-0.39, 0.29) is 11.7 Å². The van der Waals surface area contributed by atoms with Crippen molar-refractivity contribution in [3.8, 4) is 0 Å². The molecule has 9 heavy (non-hydrogen) atoms. The Kier molecular flexibility index (Phi) is 1.95. The molecule has 1 atom stereocenters. The Hall–Kier alpha value is -0.700. The smallest absolute Gasteiger partial charge is 0.199 e. The van der Waals surface area contributed by atoms with Gasteiger partial charge < -0.3 is 5.32 Å². The molecule has 1 rings (SSSR count). The highest BCUT2D eigenvalue weighted by atomic mass is 16.2. The Morgan fingerprint density at radius 2 is 2.44 bits per heavy atom. The van der Waals surface area contributed by atoms with Crippen molar-refractivity contribution >= 4 is 12.1 Å². The van der Waals surface area contributed by atoms with Crippen molar-refractivity contribution in [1.29, 1.82) is 0 Å². The van der Waals surface area contributed by atoms with Gasteiger partial charge in [0.05, 0.1) is 0 Å². The van der Waals surface area contributed by atoms with E-state index in [4.69, 9.17) is 0 Å². The molecule has 1 fully saturated rings. The number of aldehydes is 1. The predicted octanol–water partition coefficient (Wildman–Crippen LogP) is -0.636. The van der Waals surface area contributed by atoms with Crippen LogP contribution in [0.1, 0.15) is 6.42 Å². The summed E-state index contributed by atoms with van der Waals surface area (Å²) in [5.41, 5.74) is 0. The molecule has 0 saturated carbocycles. The molecule has 0 bridgehead atoms. The fraction of sp³-hybridized carbons (Fsp3) is 0.667. The van der Waals surface area contributed by atoms with E-state index in [1.807, 2.05) is 0 Å². The molecule has 0 aromatic rings. The highest BCUT2D eigenvalue weighted by Gasteiger charge is 2.20. The van der Waals surface area contributed by atoms with Crippen molar-refractivity contribution in [2.24, 2.45) is 5.92 Å². The number of ketones is 1. The molecule has 1 saturated heterocycles. The zero-order valence-electron chi connectivity index (χ0n) is 5.09. The van der Waals surface area contributed by atoms with Crippen LogP contribution in [0.15, 0.2) is 0 Å². The minimum atomic E-state index is -0.264. The summed E-state index contributed by atoms with van der Waals surface area (Å²) in [6.07, 6.45) is 1.23. The van der Waals surface area contributed by atoms with E-state index in [0.29, 0.717) is 12.8 Å². The Morgan fingerprint density at radius 1 is 1.67 bits per heavy atom. The van der Waals surface area contributed by atoms with Crippen LogP contribution >= 0.6 is 0 Å². The van der Waals surface area contributed by atoms with Crippen LogP contribution in [0.4, 0.5) is 0 Å². The maximum atomic E-state index is 10.6. The molecule has 0 radical (unpaired) electrons. The van der Waals surface area contributed by atoms with Gasteiger partial charge in [0.25, 0.3) is 0 Å². The largest absolute Gasteiger partial charge is 0.316 e.